The van der Waals surface area contributed by atoms with Crippen LogP contribution in [0.3, 0.4) is 0 Å². The molecule has 1 heterocycles. The Bertz CT molecular complexity index is 633. The Morgan fingerprint density at radius 1 is 1.41 bits per heavy atom. The molecule has 0 fully saturated rings. The van der Waals surface area contributed by atoms with E-state index in [0.29, 0.717) is 6.42 Å². The van der Waals surface area contributed by atoms with Crippen LogP contribution in [0, 0.1) is 0 Å². The van der Waals surface area contributed by atoms with E-state index in [-0.39, 0.29) is 12.2 Å². The Morgan fingerprint density at radius 2 is 2.05 bits per heavy atom. The third kappa shape index (κ3) is 4.83. The number of rotatable bonds is 6. The van der Waals surface area contributed by atoms with Crippen molar-refractivity contribution in [1.82, 2.24) is 9.97 Å². The molecule has 1 aromatic rings. The fraction of sp³-hybridized carbons (Fsp3) is 0.545. The van der Waals surface area contributed by atoms with Gasteiger partial charge in [-0.3, -0.25) is 4.79 Å². The first-order valence-electron chi connectivity index (χ1n) is 6.10. The highest BCUT2D eigenvalue weighted by molar-refractivity contribution is 7.87. The van der Waals surface area contributed by atoms with E-state index in [4.69, 9.17) is 4.74 Å². The summed E-state index contributed by atoms with van der Waals surface area (Å²) in [7, 11) is -5.82. The van der Waals surface area contributed by atoms with Crippen molar-refractivity contribution in [1.29, 1.82) is 0 Å². The van der Waals surface area contributed by atoms with Gasteiger partial charge in [0.1, 0.15) is 0 Å². The van der Waals surface area contributed by atoms with Crippen LogP contribution in [0.1, 0.15) is 38.6 Å². The highest BCUT2D eigenvalue weighted by Gasteiger charge is 2.48. The molecule has 0 radical (unpaired) electrons. The minimum Gasteiger partial charge on any atom is -0.454 e. The molecule has 1 rings (SSSR count). The highest BCUT2D eigenvalue weighted by atomic mass is 32.2. The van der Waals surface area contributed by atoms with Gasteiger partial charge in [0.15, 0.2) is 11.9 Å². The fourth-order valence-electron chi connectivity index (χ4n) is 1.27. The molecular weight excluding hydrogens is 329 g/mol. The molecule has 1 aromatic heterocycles. The number of nitrogens with zero attached hydrogens (tertiary/aromatic N) is 2. The van der Waals surface area contributed by atoms with Crippen LogP contribution in [0.15, 0.2) is 12.3 Å². The second-order valence-electron chi connectivity index (χ2n) is 4.12. The molecule has 0 aliphatic carbocycles. The third-order valence-corrected chi connectivity index (χ3v) is 3.21. The van der Waals surface area contributed by atoms with Crippen LogP contribution in [-0.2, 0) is 19.6 Å². The lowest BCUT2D eigenvalue weighted by molar-refractivity contribution is -0.149. The molecule has 11 heteroatoms. The summed E-state index contributed by atoms with van der Waals surface area (Å²) in [6.45, 7) is 3.16. The summed E-state index contributed by atoms with van der Waals surface area (Å²) in [4.78, 5) is 18.5. The van der Waals surface area contributed by atoms with Crippen molar-refractivity contribution >= 4 is 16.1 Å². The van der Waals surface area contributed by atoms with Crippen molar-refractivity contribution in [2.45, 2.75) is 38.3 Å². The number of aromatic nitrogens is 2. The van der Waals surface area contributed by atoms with Crippen LogP contribution in [-0.4, -0.2) is 29.9 Å². The van der Waals surface area contributed by atoms with Gasteiger partial charge in [-0.25, -0.2) is 4.98 Å². The van der Waals surface area contributed by atoms with E-state index < -0.39 is 33.6 Å². The van der Waals surface area contributed by atoms with Gasteiger partial charge in [0.2, 0.25) is 5.88 Å². The first-order chi connectivity index (χ1) is 10.1. The number of carbonyl (C=O) groups excluding carboxylic acids is 1. The number of esters is 1. The average Bonchev–Trinajstić information content (AvgIpc) is 2.37. The van der Waals surface area contributed by atoms with Crippen LogP contribution in [0.2, 0.25) is 0 Å². The number of alkyl halides is 3. The van der Waals surface area contributed by atoms with E-state index in [2.05, 4.69) is 14.2 Å². The Kier molecular flexibility index (Phi) is 5.69. The van der Waals surface area contributed by atoms with Gasteiger partial charge >= 0.3 is 21.6 Å². The summed E-state index contributed by atoms with van der Waals surface area (Å²) in [5, 5.41) is 0. The Balaban J connectivity index is 2.89. The van der Waals surface area contributed by atoms with E-state index in [0.717, 1.165) is 12.3 Å². The molecule has 22 heavy (non-hydrogen) atoms. The zero-order valence-electron chi connectivity index (χ0n) is 11.6. The fourth-order valence-corrected chi connectivity index (χ4v) is 1.68. The first-order valence-corrected chi connectivity index (χ1v) is 7.51. The Labute approximate surface area is 124 Å². The van der Waals surface area contributed by atoms with E-state index in [9.17, 15) is 26.4 Å². The summed E-state index contributed by atoms with van der Waals surface area (Å²) in [5.74, 6) is -1.53. The lowest BCUT2D eigenvalue weighted by atomic mass is 10.3. The number of ether oxygens (including phenoxy) is 1. The van der Waals surface area contributed by atoms with Crippen molar-refractivity contribution in [2.24, 2.45) is 0 Å². The predicted octanol–water partition coefficient (Wildman–Crippen LogP) is 2.11. The minimum absolute atomic E-state index is 0.156. The van der Waals surface area contributed by atoms with Crippen LogP contribution in [0.4, 0.5) is 13.2 Å². The summed E-state index contributed by atoms with van der Waals surface area (Å²) in [6.07, 6.45) is 0.743. The molecule has 0 amide bonds. The summed E-state index contributed by atoms with van der Waals surface area (Å²) >= 11 is 0. The lowest BCUT2D eigenvalue weighted by Gasteiger charge is -2.13. The molecule has 0 saturated carbocycles. The molecule has 1 atom stereocenters. The molecule has 0 saturated heterocycles. The maximum Gasteiger partial charge on any atom is 0.534 e. The molecule has 0 N–H and O–H groups in total. The predicted molar refractivity (Wildman–Crippen MR) is 67.0 cm³/mol. The van der Waals surface area contributed by atoms with Crippen molar-refractivity contribution in [3.05, 3.63) is 18.1 Å². The Hall–Kier alpha value is -1.91. The lowest BCUT2D eigenvalue weighted by Crippen LogP contribution is -2.28. The number of halogens is 3. The van der Waals surface area contributed by atoms with Crippen LogP contribution in [0.25, 0.3) is 0 Å². The van der Waals surface area contributed by atoms with Gasteiger partial charge < -0.3 is 8.92 Å². The molecule has 7 nitrogen and oxygen atoms in total. The molecule has 124 valence electrons. The summed E-state index contributed by atoms with van der Waals surface area (Å²) in [5.41, 5.74) is -5.57. The van der Waals surface area contributed by atoms with Crippen molar-refractivity contribution < 1.29 is 35.3 Å². The molecule has 0 aliphatic heterocycles. The molecule has 0 spiro atoms. The maximum absolute atomic E-state index is 12.2. The second kappa shape index (κ2) is 6.90. The van der Waals surface area contributed by atoms with Crippen molar-refractivity contribution in [2.75, 3.05) is 0 Å². The number of hydrogen-bond acceptors (Lipinski definition) is 7. The van der Waals surface area contributed by atoms with Gasteiger partial charge in [-0.15, -0.1) is 0 Å². The van der Waals surface area contributed by atoms with Crippen molar-refractivity contribution in [3.63, 3.8) is 0 Å². The molecule has 0 bridgehead atoms. The highest BCUT2D eigenvalue weighted by Crippen LogP contribution is 2.26. The van der Waals surface area contributed by atoms with Gasteiger partial charge in [-0.05, 0) is 13.3 Å². The Morgan fingerprint density at radius 3 is 2.59 bits per heavy atom. The van der Waals surface area contributed by atoms with Crippen molar-refractivity contribution in [3.8, 4) is 5.88 Å². The SMILES string of the molecule is CCCC(=O)OC(C)c1nccc(OS(=O)(=O)C(F)(F)F)n1. The second-order valence-corrected chi connectivity index (χ2v) is 5.66. The normalized spacial score (nSPS) is 13.5. The first kappa shape index (κ1) is 18.1. The standard InChI is InChI=1S/C11H13F3N2O5S/c1-3-4-9(17)20-7(2)10-15-6-5-8(16-10)21-22(18,19)11(12,13)14/h5-7H,3-4H2,1-2H3. The zero-order valence-corrected chi connectivity index (χ0v) is 12.4. The molecule has 1 unspecified atom stereocenters. The van der Waals surface area contributed by atoms with Crippen LogP contribution < -0.4 is 4.18 Å². The maximum atomic E-state index is 12.2. The van der Waals surface area contributed by atoms with Gasteiger partial charge in [0.25, 0.3) is 0 Å². The third-order valence-electron chi connectivity index (χ3n) is 2.25. The van der Waals surface area contributed by atoms with Gasteiger partial charge in [-0.2, -0.15) is 26.6 Å². The topological polar surface area (TPSA) is 95.5 Å². The van der Waals surface area contributed by atoms with Crippen LogP contribution >= 0.6 is 0 Å². The number of carbonyl (C=O) groups is 1. The van der Waals surface area contributed by atoms with Gasteiger partial charge in [-0.1, -0.05) is 6.92 Å². The van der Waals surface area contributed by atoms with E-state index in [1.807, 2.05) is 0 Å². The number of hydrogen-bond donors (Lipinski definition) is 0. The van der Waals surface area contributed by atoms with E-state index >= 15 is 0 Å². The molecule has 0 aliphatic rings. The largest absolute Gasteiger partial charge is 0.534 e. The van der Waals surface area contributed by atoms with E-state index in [1.54, 1.807) is 6.92 Å². The molecule has 0 aromatic carbocycles. The summed E-state index contributed by atoms with van der Waals surface area (Å²) in [6, 6.07) is 0.841. The minimum atomic E-state index is -5.82. The quantitative estimate of drug-likeness (QED) is 0.444. The smallest absolute Gasteiger partial charge is 0.454 e. The van der Waals surface area contributed by atoms with Gasteiger partial charge in [0, 0.05) is 18.7 Å². The summed E-state index contributed by atoms with van der Waals surface area (Å²) < 4.78 is 67.2. The zero-order chi connectivity index (χ0) is 17.0. The monoisotopic (exact) mass is 342 g/mol. The van der Waals surface area contributed by atoms with Crippen LogP contribution in [0.5, 0.6) is 5.88 Å². The van der Waals surface area contributed by atoms with E-state index in [1.165, 1.54) is 6.92 Å². The molecular formula is C11H13F3N2O5S. The average molecular weight is 342 g/mol. The van der Waals surface area contributed by atoms with Gasteiger partial charge in [0.05, 0.1) is 0 Å².